The van der Waals surface area contributed by atoms with Crippen LogP contribution in [-0.2, 0) is 18.0 Å². The minimum atomic E-state index is -4.46. The van der Waals surface area contributed by atoms with Gasteiger partial charge in [0.25, 0.3) is 0 Å². The van der Waals surface area contributed by atoms with Crippen LogP contribution in [0.5, 0.6) is 0 Å². The number of fused-ring (bicyclic) bond motifs is 1. The average Bonchev–Trinajstić information content (AvgIpc) is 3.25. The van der Waals surface area contributed by atoms with Crippen LogP contribution in [0.15, 0.2) is 53.7 Å². The van der Waals surface area contributed by atoms with Crippen LogP contribution in [0.1, 0.15) is 16.7 Å². The van der Waals surface area contributed by atoms with E-state index in [1.54, 1.807) is 23.0 Å². The minimum Gasteiger partial charge on any atom is -0.383 e. The van der Waals surface area contributed by atoms with Gasteiger partial charge < -0.3 is 15.4 Å². The largest absolute Gasteiger partial charge is 0.416 e. The Hall–Kier alpha value is -3.99. The van der Waals surface area contributed by atoms with Crippen molar-refractivity contribution in [1.82, 2.24) is 19.7 Å². The highest BCUT2D eigenvalue weighted by atomic mass is 19.4. The maximum atomic E-state index is 13.1. The van der Waals surface area contributed by atoms with E-state index in [9.17, 15) is 13.2 Å². The number of ether oxygens (including phenoxy) is 1. The highest BCUT2D eigenvalue weighted by Crippen LogP contribution is 2.32. The molecule has 0 spiro atoms. The zero-order chi connectivity index (χ0) is 25.4. The molecule has 11 heteroatoms. The topological polar surface area (TPSA) is 94.5 Å². The van der Waals surface area contributed by atoms with Crippen LogP contribution in [0, 0.1) is 6.92 Å². The van der Waals surface area contributed by atoms with Gasteiger partial charge >= 0.3 is 6.18 Å². The molecule has 0 saturated carbocycles. The molecule has 0 aliphatic carbocycles. The van der Waals surface area contributed by atoms with Crippen molar-refractivity contribution in [1.29, 1.82) is 0 Å². The van der Waals surface area contributed by atoms with Crippen LogP contribution in [0.3, 0.4) is 0 Å². The molecule has 2 aromatic carbocycles. The van der Waals surface area contributed by atoms with Crippen LogP contribution < -0.4 is 10.6 Å². The Balaban J connectivity index is 1.56. The fourth-order valence-electron chi connectivity index (χ4n) is 4.12. The molecule has 0 radical (unpaired) electrons. The van der Waals surface area contributed by atoms with E-state index < -0.39 is 11.7 Å². The van der Waals surface area contributed by atoms with Crippen molar-refractivity contribution in [2.75, 3.05) is 31.2 Å². The van der Waals surface area contributed by atoms with Crippen LogP contribution in [0.25, 0.3) is 22.4 Å². The third-order valence-corrected chi connectivity index (χ3v) is 6.08. The number of rotatable bonds is 4. The maximum absolute atomic E-state index is 13.1. The van der Waals surface area contributed by atoms with E-state index in [0.717, 1.165) is 34.5 Å². The first-order valence-corrected chi connectivity index (χ1v) is 11.4. The Morgan fingerprint density at radius 3 is 2.61 bits per heavy atom. The summed E-state index contributed by atoms with van der Waals surface area (Å²) < 4.78 is 46.5. The lowest BCUT2D eigenvalue weighted by Gasteiger charge is -2.28. The standard InChI is InChI=1S/C25H24F3N7O/c1-15-6-7-18(31-21(29)16-4-3-5-17(12-16)25(26,27)28)13-19(15)22-32-23-20(14-30-34(23)2)24(33-22)35-8-10-36-11-9-35/h3-7,12-14H,8-11H2,1-2H3,(H2,29,31). The third-order valence-electron chi connectivity index (χ3n) is 6.08. The molecule has 5 rings (SSSR count). The van der Waals surface area contributed by atoms with Gasteiger partial charge in [-0.3, -0.25) is 4.68 Å². The molecule has 1 fully saturated rings. The smallest absolute Gasteiger partial charge is 0.383 e. The fraction of sp³-hybridized carbons (Fsp3) is 0.280. The highest BCUT2D eigenvalue weighted by molar-refractivity contribution is 5.99. The summed E-state index contributed by atoms with van der Waals surface area (Å²) in [7, 11) is 1.82. The van der Waals surface area contributed by atoms with E-state index in [0.29, 0.717) is 43.5 Å². The van der Waals surface area contributed by atoms with Crippen LogP contribution in [-0.4, -0.2) is 51.9 Å². The summed E-state index contributed by atoms with van der Waals surface area (Å²) in [6, 6.07) is 10.2. The third kappa shape index (κ3) is 4.61. The molecule has 4 aromatic rings. The molecule has 0 atom stereocenters. The lowest BCUT2D eigenvalue weighted by atomic mass is 10.1. The lowest BCUT2D eigenvalue weighted by Crippen LogP contribution is -2.37. The van der Waals surface area contributed by atoms with Gasteiger partial charge in [-0.1, -0.05) is 18.2 Å². The van der Waals surface area contributed by atoms with Crippen molar-refractivity contribution >= 4 is 28.4 Å². The molecule has 186 valence electrons. The number of amidine groups is 1. The number of aromatic nitrogens is 4. The van der Waals surface area contributed by atoms with Gasteiger partial charge in [0.1, 0.15) is 11.7 Å². The number of benzene rings is 2. The number of nitrogens with two attached hydrogens (primary N) is 1. The molecule has 2 N–H and O–H groups in total. The number of anilines is 1. The summed E-state index contributed by atoms with van der Waals surface area (Å²) in [6.07, 6.45) is -2.71. The molecular weight excluding hydrogens is 471 g/mol. The number of halogens is 3. The van der Waals surface area contributed by atoms with Crippen LogP contribution in [0.2, 0.25) is 0 Å². The predicted octanol–water partition coefficient (Wildman–Crippen LogP) is 4.23. The minimum absolute atomic E-state index is 0.0205. The second kappa shape index (κ2) is 9.23. The van der Waals surface area contributed by atoms with E-state index in [1.165, 1.54) is 12.1 Å². The monoisotopic (exact) mass is 495 g/mol. The van der Waals surface area contributed by atoms with Gasteiger partial charge in [0.15, 0.2) is 11.5 Å². The average molecular weight is 496 g/mol. The van der Waals surface area contributed by atoms with E-state index >= 15 is 0 Å². The van der Waals surface area contributed by atoms with Gasteiger partial charge in [-0.25, -0.2) is 15.0 Å². The molecule has 1 aliphatic rings. The van der Waals surface area contributed by atoms with Crippen molar-refractivity contribution < 1.29 is 17.9 Å². The molecular formula is C25H24F3N7O. The zero-order valence-corrected chi connectivity index (χ0v) is 19.8. The first-order valence-electron chi connectivity index (χ1n) is 11.4. The number of nitrogens with zero attached hydrogens (tertiary/aromatic N) is 6. The number of aliphatic imine (C=N–C) groups is 1. The first-order chi connectivity index (χ1) is 17.2. The van der Waals surface area contributed by atoms with E-state index in [2.05, 4.69) is 15.0 Å². The van der Waals surface area contributed by atoms with Crippen molar-refractivity contribution in [3.8, 4) is 11.4 Å². The van der Waals surface area contributed by atoms with Crippen molar-refractivity contribution in [2.45, 2.75) is 13.1 Å². The predicted molar refractivity (Wildman–Crippen MR) is 131 cm³/mol. The molecule has 1 saturated heterocycles. The Kier molecular flexibility index (Phi) is 6.09. The molecule has 36 heavy (non-hydrogen) atoms. The fourth-order valence-corrected chi connectivity index (χ4v) is 4.12. The zero-order valence-electron chi connectivity index (χ0n) is 19.8. The van der Waals surface area contributed by atoms with Crippen LogP contribution >= 0.6 is 0 Å². The summed E-state index contributed by atoms with van der Waals surface area (Å²) in [5, 5.41) is 5.21. The van der Waals surface area contributed by atoms with Gasteiger partial charge in [0, 0.05) is 31.3 Å². The molecule has 0 amide bonds. The number of hydrogen-bond donors (Lipinski definition) is 1. The van der Waals surface area contributed by atoms with Crippen molar-refractivity contribution in [3.05, 3.63) is 65.4 Å². The Morgan fingerprint density at radius 2 is 1.86 bits per heavy atom. The Bertz CT molecular complexity index is 1460. The molecule has 0 unspecified atom stereocenters. The summed E-state index contributed by atoms with van der Waals surface area (Å²) in [4.78, 5) is 16.2. The van der Waals surface area contributed by atoms with Gasteiger partial charge in [-0.15, -0.1) is 0 Å². The van der Waals surface area contributed by atoms with Gasteiger partial charge in [-0.05, 0) is 36.8 Å². The SMILES string of the molecule is Cc1ccc(N=C(N)c2cccc(C(F)(F)F)c2)cc1-c1nc(N2CCOCC2)c2cnn(C)c2n1. The summed E-state index contributed by atoms with van der Waals surface area (Å²) in [5.41, 5.74) is 8.33. The molecule has 8 nitrogen and oxygen atoms in total. The Labute approximate surface area is 205 Å². The number of aryl methyl sites for hydroxylation is 2. The van der Waals surface area contributed by atoms with E-state index in [-0.39, 0.29) is 11.4 Å². The van der Waals surface area contributed by atoms with Gasteiger partial charge in [-0.2, -0.15) is 18.3 Å². The number of hydrogen-bond acceptors (Lipinski definition) is 6. The lowest BCUT2D eigenvalue weighted by molar-refractivity contribution is -0.137. The number of morpholine rings is 1. The van der Waals surface area contributed by atoms with Crippen molar-refractivity contribution in [3.63, 3.8) is 0 Å². The normalized spacial score (nSPS) is 15.0. The van der Waals surface area contributed by atoms with E-state index in [4.69, 9.17) is 20.4 Å². The highest BCUT2D eigenvalue weighted by Gasteiger charge is 2.30. The molecule has 0 bridgehead atoms. The second-order valence-corrected chi connectivity index (χ2v) is 8.55. The van der Waals surface area contributed by atoms with Crippen molar-refractivity contribution in [2.24, 2.45) is 17.8 Å². The first kappa shape index (κ1) is 23.7. The van der Waals surface area contributed by atoms with E-state index in [1.807, 2.05) is 20.0 Å². The quantitative estimate of drug-likeness (QED) is 0.336. The maximum Gasteiger partial charge on any atom is 0.416 e. The van der Waals surface area contributed by atoms with Gasteiger partial charge in [0.05, 0.1) is 36.0 Å². The summed E-state index contributed by atoms with van der Waals surface area (Å²) in [6.45, 7) is 4.57. The van der Waals surface area contributed by atoms with Gasteiger partial charge in [0.2, 0.25) is 0 Å². The summed E-state index contributed by atoms with van der Waals surface area (Å²) >= 11 is 0. The number of alkyl halides is 3. The summed E-state index contributed by atoms with van der Waals surface area (Å²) in [5.74, 6) is 1.26. The second-order valence-electron chi connectivity index (χ2n) is 8.55. The molecule has 2 aromatic heterocycles. The Morgan fingerprint density at radius 1 is 1.08 bits per heavy atom. The molecule has 1 aliphatic heterocycles. The van der Waals surface area contributed by atoms with Crippen LogP contribution in [0.4, 0.5) is 24.7 Å². The molecule has 3 heterocycles.